The Balaban J connectivity index is 1.99. The van der Waals surface area contributed by atoms with Gasteiger partial charge in [0.2, 0.25) is 10.0 Å². The number of benzene rings is 1. The van der Waals surface area contributed by atoms with Crippen molar-refractivity contribution in [3.63, 3.8) is 0 Å². The molecule has 0 aliphatic carbocycles. The molecule has 6 heteroatoms. The van der Waals surface area contributed by atoms with Crippen molar-refractivity contribution in [3.05, 3.63) is 29.6 Å². The lowest BCUT2D eigenvalue weighted by Gasteiger charge is -2.12. The van der Waals surface area contributed by atoms with Gasteiger partial charge in [0.05, 0.1) is 0 Å². The van der Waals surface area contributed by atoms with E-state index in [9.17, 15) is 12.8 Å². The van der Waals surface area contributed by atoms with Crippen LogP contribution in [0.2, 0.25) is 0 Å². The highest BCUT2D eigenvalue weighted by atomic mass is 32.2. The van der Waals surface area contributed by atoms with Gasteiger partial charge in [-0.15, -0.1) is 0 Å². The minimum absolute atomic E-state index is 0.271. The summed E-state index contributed by atoms with van der Waals surface area (Å²) in [5.74, 6) is -0.711. The Morgan fingerprint density at radius 2 is 2.26 bits per heavy atom. The Hall–Kier alpha value is -0.980. The van der Waals surface area contributed by atoms with Crippen molar-refractivity contribution in [1.82, 2.24) is 10.0 Å². The van der Waals surface area contributed by atoms with Crippen molar-refractivity contribution in [3.8, 4) is 0 Å². The first kappa shape index (κ1) is 14.4. The molecule has 1 aliphatic rings. The second-order valence-electron chi connectivity index (χ2n) is 4.91. The molecular weight excluding hydrogens is 267 g/mol. The van der Waals surface area contributed by atoms with Crippen LogP contribution in [0.4, 0.5) is 4.39 Å². The Labute approximate surface area is 113 Å². The summed E-state index contributed by atoms with van der Waals surface area (Å²) in [5, 5.41) is 3.29. The third-order valence-electron chi connectivity index (χ3n) is 3.32. The predicted molar refractivity (Wildman–Crippen MR) is 72.0 cm³/mol. The first-order valence-corrected chi connectivity index (χ1v) is 7.96. The van der Waals surface area contributed by atoms with Gasteiger partial charge in [0.1, 0.15) is 10.7 Å². The van der Waals surface area contributed by atoms with Crippen LogP contribution < -0.4 is 10.0 Å². The van der Waals surface area contributed by atoms with Crippen LogP contribution in [0.25, 0.3) is 0 Å². The quantitative estimate of drug-likeness (QED) is 0.863. The Bertz CT molecular complexity index is 540. The summed E-state index contributed by atoms with van der Waals surface area (Å²) in [5.41, 5.74) is 0.722. The monoisotopic (exact) mass is 286 g/mol. The molecule has 1 aromatic carbocycles. The van der Waals surface area contributed by atoms with E-state index in [1.807, 2.05) is 0 Å². The largest absolute Gasteiger partial charge is 0.314 e. The summed E-state index contributed by atoms with van der Waals surface area (Å²) in [6.45, 7) is 3.05. The summed E-state index contributed by atoms with van der Waals surface area (Å²) >= 11 is 0. The molecule has 2 rings (SSSR count). The van der Waals surface area contributed by atoms with Crippen molar-refractivity contribution in [2.75, 3.05) is 13.1 Å². The van der Waals surface area contributed by atoms with Crippen LogP contribution in [0.15, 0.2) is 23.1 Å². The molecule has 0 amide bonds. The fraction of sp³-hybridized carbons (Fsp3) is 0.538. The third kappa shape index (κ3) is 3.75. The average Bonchev–Trinajstić information content (AvgIpc) is 2.85. The number of rotatable bonds is 5. The van der Waals surface area contributed by atoms with Crippen LogP contribution in [0.1, 0.15) is 24.8 Å². The van der Waals surface area contributed by atoms with Gasteiger partial charge in [-0.2, -0.15) is 0 Å². The molecule has 0 aromatic heterocycles. The van der Waals surface area contributed by atoms with E-state index in [0.29, 0.717) is 12.6 Å². The first-order chi connectivity index (χ1) is 8.99. The fourth-order valence-electron chi connectivity index (χ4n) is 2.26. The molecule has 1 fully saturated rings. The summed E-state index contributed by atoms with van der Waals surface area (Å²) in [6, 6.07) is 4.45. The second kappa shape index (κ2) is 5.98. The Kier molecular flexibility index (Phi) is 4.54. The maximum absolute atomic E-state index is 13.6. The van der Waals surface area contributed by atoms with Crippen LogP contribution in [0.3, 0.4) is 0 Å². The lowest BCUT2D eigenvalue weighted by atomic mass is 10.2. The van der Waals surface area contributed by atoms with Crippen LogP contribution in [-0.2, 0) is 10.0 Å². The highest BCUT2D eigenvalue weighted by molar-refractivity contribution is 7.89. The Morgan fingerprint density at radius 3 is 2.95 bits per heavy atom. The van der Waals surface area contributed by atoms with Crippen molar-refractivity contribution in [2.24, 2.45) is 0 Å². The van der Waals surface area contributed by atoms with Crippen molar-refractivity contribution < 1.29 is 12.8 Å². The summed E-state index contributed by atoms with van der Waals surface area (Å²) in [7, 11) is -3.76. The first-order valence-electron chi connectivity index (χ1n) is 6.48. The fourth-order valence-corrected chi connectivity index (χ4v) is 3.47. The summed E-state index contributed by atoms with van der Waals surface area (Å²) < 4.78 is 40.0. The molecule has 1 atom stereocenters. The molecule has 2 N–H and O–H groups in total. The number of hydrogen-bond acceptors (Lipinski definition) is 3. The van der Waals surface area contributed by atoms with Gasteiger partial charge in [-0.3, -0.25) is 0 Å². The van der Waals surface area contributed by atoms with Gasteiger partial charge in [-0.05, 0) is 50.4 Å². The van der Waals surface area contributed by atoms with Gasteiger partial charge in [-0.1, -0.05) is 6.07 Å². The molecule has 0 spiro atoms. The molecule has 19 heavy (non-hydrogen) atoms. The van der Waals surface area contributed by atoms with Crippen molar-refractivity contribution >= 4 is 10.0 Å². The second-order valence-corrected chi connectivity index (χ2v) is 6.65. The molecule has 0 unspecified atom stereocenters. The van der Waals surface area contributed by atoms with E-state index >= 15 is 0 Å². The molecule has 1 heterocycles. The number of nitrogens with one attached hydrogen (secondary N) is 2. The van der Waals surface area contributed by atoms with Gasteiger partial charge < -0.3 is 5.32 Å². The van der Waals surface area contributed by atoms with E-state index in [2.05, 4.69) is 10.0 Å². The molecule has 1 aromatic rings. The van der Waals surface area contributed by atoms with Gasteiger partial charge in [0.15, 0.2) is 0 Å². The number of aryl methyl sites for hydroxylation is 1. The van der Waals surface area contributed by atoms with E-state index < -0.39 is 15.8 Å². The molecule has 0 radical (unpaired) electrons. The number of sulfonamides is 1. The maximum atomic E-state index is 13.6. The zero-order valence-corrected chi connectivity index (χ0v) is 11.8. The smallest absolute Gasteiger partial charge is 0.243 e. The zero-order chi connectivity index (χ0) is 13.9. The average molecular weight is 286 g/mol. The van der Waals surface area contributed by atoms with E-state index in [1.54, 1.807) is 13.0 Å². The SMILES string of the molecule is Cc1ccc(F)c(S(=O)(=O)NCC[C@H]2CCCN2)c1. The van der Waals surface area contributed by atoms with Crippen molar-refractivity contribution in [2.45, 2.75) is 37.1 Å². The highest BCUT2D eigenvalue weighted by Crippen LogP contribution is 2.16. The van der Waals surface area contributed by atoms with Crippen LogP contribution in [-0.4, -0.2) is 27.5 Å². The summed E-state index contributed by atoms with van der Waals surface area (Å²) in [6.07, 6.45) is 2.93. The van der Waals surface area contributed by atoms with Crippen LogP contribution >= 0.6 is 0 Å². The molecule has 1 aliphatic heterocycles. The molecule has 0 bridgehead atoms. The van der Waals surface area contributed by atoms with Crippen LogP contribution in [0, 0.1) is 12.7 Å². The van der Waals surface area contributed by atoms with E-state index in [-0.39, 0.29) is 4.90 Å². The minimum Gasteiger partial charge on any atom is -0.314 e. The maximum Gasteiger partial charge on any atom is 0.243 e. The van der Waals surface area contributed by atoms with Crippen molar-refractivity contribution in [1.29, 1.82) is 0 Å². The molecule has 106 valence electrons. The van der Waals surface area contributed by atoms with E-state index in [4.69, 9.17) is 0 Å². The Morgan fingerprint density at radius 1 is 1.47 bits per heavy atom. The molecular formula is C13H19FN2O2S. The zero-order valence-electron chi connectivity index (χ0n) is 10.9. The van der Waals surface area contributed by atoms with Gasteiger partial charge >= 0.3 is 0 Å². The molecule has 0 saturated carbocycles. The number of halogens is 1. The standard InChI is InChI=1S/C13H19FN2O2S/c1-10-4-5-12(14)13(9-10)19(17,18)16-8-6-11-3-2-7-15-11/h4-5,9,11,15-16H,2-3,6-8H2,1H3/t11-/m1/s1. The lowest BCUT2D eigenvalue weighted by molar-refractivity contribution is 0.532. The number of hydrogen-bond donors (Lipinski definition) is 2. The third-order valence-corrected chi connectivity index (χ3v) is 4.80. The highest BCUT2D eigenvalue weighted by Gasteiger charge is 2.20. The predicted octanol–water partition coefficient (Wildman–Crippen LogP) is 1.55. The summed E-state index contributed by atoms with van der Waals surface area (Å²) in [4.78, 5) is -0.271. The molecule has 4 nitrogen and oxygen atoms in total. The normalized spacial score (nSPS) is 19.8. The van der Waals surface area contributed by atoms with E-state index in [1.165, 1.54) is 12.1 Å². The van der Waals surface area contributed by atoms with Gasteiger partial charge in [-0.25, -0.2) is 17.5 Å². The minimum atomic E-state index is -3.76. The topological polar surface area (TPSA) is 58.2 Å². The van der Waals surface area contributed by atoms with E-state index in [0.717, 1.165) is 31.4 Å². The van der Waals surface area contributed by atoms with Gasteiger partial charge in [0.25, 0.3) is 0 Å². The van der Waals surface area contributed by atoms with Gasteiger partial charge in [0, 0.05) is 12.6 Å². The van der Waals surface area contributed by atoms with Crippen LogP contribution in [0.5, 0.6) is 0 Å². The molecule has 1 saturated heterocycles. The lowest BCUT2D eigenvalue weighted by Crippen LogP contribution is -2.31.